The highest BCUT2D eigenvalue weighted by Gasteiger charge is 2.23. The van der Waals surface area contributed by atoms with Gasteiger partial charge in [0.2, 0.25) is 0 Å². The van der Waals surface area contributed by atoms with Crippen molar-refractivity contribution in [3.63, 3.8) is 0 Å². The minimum Gasteiger partial charge on any atom is -0.480 e. The van der Waals surface area contributed by atoms with Crippen molar-refractivity contribution in [3.8, 4) is 11.5 Å². The molecule has 4 rings (SSSR count). The fourth-order valence-electron chi connectivity index (χ4n) is 3.62. The standard InChI is InChI=1S/C25H25N5O4/c1-16-23(27-24(31)22-12-13-26-30(22)18(3)25(32)33)17(2)29(28-16)15-19-8-7-11-21(14-19)34-20-9-5-4-6-10-20/h4-14,18H,15H2,1-3H3,(H,27,31)(H,32,33). The Morgan fingerprint density at radius 1 is 1.06 bits per heavy atom. The Labute approximate surface area is 196 Å². The second-order valence-corrected chi connectivity index (χ2v) is 7.90. The number of hydrogen-bond acceptors (Lipinski definition) is 5. The van der Waals surface area contributed by atoms with E-state index in [1.165, 1.54) is 23.9 Å². The monoisotopic (exact) mass is 459 g/mol. The van der Waals surface area contributed by atoms with Gasteiger partial charge in [0.25, 0.3) is 5.91 Å². The number of ether oxygens (including phenoxy) is 1. The third kappa shape index (κ3) is 4.83. The number of benzene rings is 2. The van der Waals surface area contributed by atoms with E-state index < -0.39 is 17.9 Å². The summed E-state index contributed by atoms with van der Waals surface area (Å²) in [6.45, 7) is 5.64. The Balaban J connectivity index is 1.51. The highest BCUT2D eigenvalue weighted by molar-refractivity contribution is 6.04. The fourth-order valence-corrected chi connectivity index (χ4v) is 3.62. The molecule has 0 spiro atoms. The van der Waals surface area contributed by atoms with Crippen molar-refractivity contribution in [1.29, 1.82) is 0 Å². The van der Waals surface area contributed by atoms with Gasteiger partial charge in [0.05, 0.1) is 23.6 Å². The second kappa shape index (κ2) is 9.62. The van der Waals surface area contributed by atoms with Gasteiger partial charge in [-0.1, -0.05) is 30.3 Å². The minimum atomic E-state index is -1.07. The number of carbonyl (C=O) groups excluding carboxylic acids is 1. The van der Waals surface area contributed by atoms with E-state index in [2.05, 4.69) is 15.5 Å². The van der Waals surface area contributed by atoms with Crippen molar-refractivity contribution in [2.24, 2.45) is 0 Å². The SMILES string of the molecule is Cc1nn(Cc2cccc(Oc3ccccc3)c2)c(C)c1NC(=O)c1ccnn1C(C)C(=O)O. The van der Waals surface area contributed by atoms with Gasteiger partial charge in [0.15, 0.2) is 0 Å². The van der Waals surface area contributed by atoms with Crippen molar-refractivity contribution in [2.75, 3.05) is 5.32 Å². The van der Waals surface area contributed by atoms with E-state index in [-0.39, 0.29) is 5.69 Å². The van der Waals surface area contributed by atoms with Crippen LogP contribution in [0.2, 0.25) is 0 Å². The van der Waals surface area contributed by atoms with E-state index in [9.17, 15) is 14.7 Å². The number of aliphatic carboxylic acids is 1. The normalized spacial score (nSPS) is 11.7. The van der Waals surface area contributed by atoms with Gasteiger partial charge in [0, 0.05) is 6.20 Å². The van der Waals surface area contributed by atoms with Crippen LogP contribution in [-0.4, -0.2) is 36.5 Å². The van der Waals surface area contributed by atoms with Gasteiger partial charge in [-0.25, -0.2) is 9.48 Å². The predicted molar refractivity (Wildman–Crippen MR) is 126 cm³/mol. The molecule has 9 nitrogen and oxygen atoms in total. The van der Waals surface area contributed by atoms with Gasteiger partial charge < -0.3 is 15.2 Å². The van der Waals surface area contributed by atoms with Gasteiger partial charge in [-0.2, -0.15) is 10.2 Å². The first-order valence-electron chi connectivity index (χ1n) is 10.8. The van der Waals surface area contributed by atoms with Gasteiger partial charge in [0.1, 0.15) is 23.2 Å². The lowest BCUT2D eigenvalue weighted by molar-refractivity contribution is -0.140. The molecule has 2 aromatic heterocycles. The van der Waals surface area contributed by atoms with Gasteiger partial charge >= 0.3 is 5.97 Å². The highest BCUT2D eigenvalue weighted by atomic mass is 16.5. The minimum absolute atomic E-state index is 0.159. The summed E-state index contributed by atoms with van der Waals surface area (Å²) in [5.74, 6) is -0.0437. The Morgan fingerprint density at radius 3 is 2.53 bits per heavy atom. The molecule has 174 valence electrons. The molecule has 2 heterocycles. The molecule has 0 fully saturated rings. The third-order valence-corrected chi connectivity index (χ3v) is 5.46. The van der Waals surface area contributed by atoms with Crippen LogP contribution in [0.25, 0.3) is 0 Å². The zero-order valence-electron chi connectivity index (χ0n) is 19.1. The summed E-state index contributed by atoms with van der Waals surface area (Å²) < 4.78 is 8.92. The molecule has 0 aliphatic carbocycles. The van der Waals surface area contributed by atoms with Crippen LogP contribution in [-0.2, 0) is 11.3 Å². The van der Waals surface area contributed by atoms with E-state index in [0.717, 1.165) is 22.8 Å². The summed E-state index contributed by atoms with van der Waals surface area (Å²) in [7, 11) is 0. The number of hydrogen-bond donors (Lipinski definition) is 2. The van der Waals surface area contributed by atoms with Crippen molar-refractivity contribution >= 4 is 17.6 Å². The van der Waals surface area contributed by atoms with Crippen LogP contribution in [0.3, 0.4) is 0 Å². The Kier molecular flexibility index (Phi) is 6.44. The molecule has 2 aromatic carbocycles. The first kappa shape index (κ1) is 22.8. The number of nitrogens with one attached hydrogen (secondary N) is 1. The number of carbonyl (C=O) groups is 2. The molecule has 0 aliphatic rings. The molecule has 9 heteroatoms. The van der Waals surface area contributed by atoms with Gasteiger partial charge in [-0.15, -0.1) is 0 Å². The molecular formula is C25H25N5O4. The van der Waals surface area contributed by atoms with Crippen LogP contribution in [0.4, 0.5) is 5.69 Å². The largest absolute Gasteiger partial charge is 0.480 e. The molecule has 1 unspecified atom stereocenters. The predicted octanol–water partition coefficient (Wildman–Crippen LogP) is 4.43. The number of aryl methyl sites for hydroxylation is 1. The zero-order valence-corrected chi connectivity index (χ0v) is 19.1. The van der Waals surface area contributed by atoms with Crippen LogP contribution in [0.1, 0.15) is 40.4 Å². The molecule has 0 saturated heterocycles. The van der Waals surface area contributed by atoms with Crippen LogP contribution in [0.5, 0.6) is 11.5 Å². The maximum atomic E-state index is 12.9. The molecule has 1 amide bonds. The van der Waals surface area contributed by atoms with Gasteiger partial charge in [-0.3, -0.25) is 9.48 Å². The highest BCUT2D eigenvalue weighted by Crippen LogP contribution is 2.25. The molecule has 0 aliphatic heterocycles. The summed E-state index contributed by atoms with van der Waals surface area (Å²) >= 11 is 0. The maximum Gasteiger partial charge on any atom is 0.328 e. The summed E-state index contributed by atoms with van der Waals surface area (Å²) in [6.07, 6.45) is 1.40. The molecule has 4 aromatic rings. The molecule has 1 atom stereocenters. The van der Waals surface area contributed by atoms with Crippen LogP contribution < -0.4 is 10.1 Å². The zero-order chi connectivity index (χ0) is 24.2. The number of rotatable bonds is 8. The van der Waals surface area contributed by atoms with Crippen molar-refractivity contribution in [3.05, 3.63) is 89.5 Å². The fraction of sp³-hybridized carbons (Fsp3) is 0.200. The molecular weight excluding hydrogens is 434 g/mol. The van der Waals surface area contributed by atoms with Crippen LogP contribution >= 0.6 is 0 Å². The number of para-hydroxylation sites is 1. The lowest BCUT2D eigenvalue weighted by atomic mass is 10.2. The number of carboxylic acid groups (broad SMARTS) is 1. The first-order chi connectivity index (χ1) is 16.3. The molecule has 2 N–H and O–H groups in total. The van der Waals surface area contributed by atoms with E-state index in [1.54, 1.807) is 0 Å². The molecule has 0 radical (unpaired) electrons. The number of carboxylic acids is 1. The summed E-state index contributed by atoms with van der Waals surface area (Å²) in [4.78, 5) is 24.2. The van der Waals surface area contributed by atoms with Crippen molar-refractivity contribution in [2.45, 2.75) is 33.4 Å². The lowest BCUT2D eigenvalue weighted by Gasteiger charge is -2.12. The quantitative estimate of drug-likeness (QED) is 0.403. The average Bonchev–Trinajstić information content (AvgIpc) is 3.40. The number of anilines is 1. The number of aromatic nitrogens is 4. The topological polar surface area (TPSA) is 111 Å². The Morgan fingerprint density at radius 2 is 1.79 bits per heavy atom. The molecule has 0 bridgehead atoms. The smallest absolute Gasteiger partial charge is 0.328 e. The van der Waals surface area contributed by atoms with E-state index >= 15 is 0 Å². The van der Waals surface area contributed by atoms with E-state index in [0.29, 0.717) is 17.9 Å². The van der Waals surface area contributed by atoms with Crippen molar-refractivity contribution < 1.29 is 19.4 Å². The third-order valence-electron chi connectivity index (χ3n) is 5.46. The Hall–Kier alpha value is -4.40. The Bertz CT molecular complexity index is 1330. The first-order valence-corrected chi connectivity index (χ1v) is 10.8. The second-order valence-electron chi connectivity index (χ2n) is 7.90. The molecule has 0 saturated carbocycles. The van der Waals surface area contributed by atoms with Gasteiger partial charge in [-0.05, 0) is 56.7 Å². The number of amides is 1. The van der Waals surface area contributed by atoms with Crippen LogP contribution in [0.15, 0.2) is 66.9 Å². The van der Waals surface area contributed by atoms with Crippen LogP contribution in [0, 0.1) is 13.8 Å². The number of nitrogens with zero attached hydrogens (tertiary/aromatic N) is 4. The van der Waals surface area contributed by atoms with E-state index in [4.69, 9.17) is 4.74 Å². The summed E-state index contributed by atoms with van der Waals surface area (Å²) in [5.41, 5.74) is 3.16. The van der Waals surface area contributed by atoms with Crippen molar-refractivity contribution in [1.82, 2.24) is 19.6 Å². The summed E-state index contributed by atoms with van der Waals surface area (Å²) in [6, 6.07) is 17.8. The lowest BCUT2D eigenvalue weighted by Crippen LogP contribution is -2.24. The average molecular weight is 460 g/mol. The molecule has 34 heavy (non-hydrogen) atoms. The summed E-state index contributed by atoms with van der Waals surface area (Å²) in [5, 5.41) is 20.7. The van der Waals surface area contributed by atoms with E-state index in [1.807, 2.05) is 73.1 Å². The maximum absolute atomic E-state index is 12.9.